The Balaban J connectivity index is 2.33. The molecule has 1 atom stereocenters. The molecule has 0 aliphatic rings. The largest absolute Gasteiger partial charge is 0.389 e. The lowest BCUT2D eigenvalue weighted by Crippen LogP contribution is -1.96. The molecule has 6 nitrogen and oxygen atoms in total. The van der Waals surface area contributed by atoms with Crippen molar-refractivity contribution in [3.8, 4) is 0 Å². The number of hydrogen-bond acceptors (Lipinski definition) is 8. The number of nitro benzene ring substituents is 1. The first-order valence-corrected chi connectivity index (χ1v) is 8.38. The maximum atomic E-state index is 11.1. The van der Waals surface area contributed by atoms with Crippen molar-refractivity contribution in [1.82, 2.24) is 10.2 Å². The van der Waals surface area contributed by atoms with E-state index in [1.54, 1.807) is 19.1 Å². The molecule has 20 heavy (non-hydrogen) atoms. The van der Waals surface area contributed by atoms with Crippen LogP contribution in [0.5, 0.6) is 0 Å². The van der Waals surface area contributed by atoms with Crippen LogP contribution in [0.2, 0.25) is 0 Å². The van der Waals surface area contributed by atoms with Crippen molar-refractivity contribution in [1.29, 1.82) is 0 Å². The van der Waals surface area contributed by atoms with E-state index in [1.807, 2.05) is 6.26 Å². The molecule has 0 spiro atoms. The standard InChI is InChI=1S/C11H11N3O3S3/c1-6(15)7-3-4-9(8(5-7)14(16)17)19-11-13-12-10(18-2)20-11/h3-6,15H,1-2H3. The second kappa shape index (κ2) is 6.53. The predicted molar refractivity (Wildman–Crippen MR) is 79.5 cm³/mol. The Kier molecular flexibility index (Phi) is 4.97. The van der Waals surface area contributed by atoms with Crippen LogP contribution in [0.25, 0.3) is 0 Å². The van der Waals surface area contributed by atoms with Crippen molar-refractivity contribution in [2.24, 2.45) is 0 Å². The highest BCUT2D eigenvalue weighted by Gasteiger charge is 2.18. The zero-order valence-corrected chi connectivity index (χ0v) is 13.1. The molecule has 1 aromatic carbocycles. The molecule has 0 amide bonds. The van der Waals surface area contributed by atoms with Gasteiger partial charge in [0.2, 0.25) is 0 Å². The van der Waals surface area contributed by atoms with Gasteiger partial charge in [-0.25, -0.2) is 0 Å². The summed E-state index contributed by atoms with van der Waals surface area (Å²) in [4.78, 5) is 11.2. The van der Waals surface area contributed by atoms with E-state index >= 15 is 0 Å². The highest BCUT2D eigenvalue weighted by Crippen LogP contribution is 2.38. The molecule has 0 saturated carbocycles. The Hall–Kier alpha value is -1.16. The number of aliphatic hydroxyl groups excluding tert-OH is 1. The van der Waals surface area contributed by atoms with Crippen LogP contribution in [-0.4, -0.2) is 26.5 Å². The molecule has 0 radical (unpaired) electrons. The molecule has 1 N–H and O–H groups in total. The minimum Gasteiger partial charge on any atom is -0.389 e. The molecule has 0 saturated heterocycles. The van der Waals surface area contributed by atoms with Gasteiger partial charge in [-0.3, -0.25) is 10.1 Å². The summed E-state index contributed by atoms with van der Waals surface area (Å²) in [6, 6.07) is 4.70. The van der Waals surface area contributed by atoms with Crippen LogP contribution in [0.15, 0.2) is 31.8 Å². The Bertz CT molecular complexity index is 630. The third kappa shape index (κ3) is 3.48. The lowest BCUT2D eigenvalue weighted by atomic mass is 10.1. The summed E-state index contributed by atoms with van der Waals surface area (Å²) >= 11 is 4.08. The molecule has 0 fully saturated rings. The van der Waals surface area contributed by atoms with Crippen LogP contribution >= 0.6 is 34.9 Å². The number of nitrogens with zero attached hydrogens (tertiary/aromatic N) is 3. The number of rotatable bonds is 5. The molecule has 1 heterocycles. The fraction of sp³-hybridized carbons (Fsp3) is 0.273. The van der Waals surface area contributed by atoms with Crippen molar-refractivity contribution in [2.75, 3.05) is 6.26 Å². The average Bonchev–Trinajstić information content (AvgIpc) is 2.86. The van der Waals surface area contributed by atoms with Crippen molar-refractivity contribution in [2.45, 2.75) is 26.6 Å². The Morgan fingerprint density at radius 3 is 2.65 bits per heavy atom. The van der Waals surface area contributed by atoms with Gasteiger partial charge >= 0.3 is 0 Å². The van der Waals surface area contributed by atoms with Gasteiger partial charge in [0.15, 0.2) is 8.68 Å². The second-order valence-electron chi connectivity index (χ2n) is 3.80. The quantitative estimate of drug-likeness (QED) is 0.511. The van der Waals surface area contributed by atoms with Crippen LogP contribution in [0.4, 0.5) is 5.69 Å². The van der Waals surface area contributed by atoms with E-state index in [4.69, 9.17) is 0 Å². The van der Waals surface area contributed by atoms with Crippen molar-refractivity contribution >= 4 is 40.5 Å². The van der Waals surface area contributed by atoms with Crippen molar-refractivity contribution in [3.05, 3.63) is 33.9 Å². The third-order valence-electron chi connectivity index (χ3n) is 2.42. The highest BCUT2D eigenvalue weighted by molar-refractivity contribution is 8.03. The first-order chi connectivity index (χ1) is 9.51. The van der Waals surface area contributed by atoms with E-state index in [0.717, 1.165) is 4.34 Å². The van der Waals surface area contributed by atoms with Crippen LogP contribution in [0, 0.1) is 10.1 Å². The monoisotopic (exact) mass is 329 g/mol. The number of thioether (sulfide) groups is 1. The molecule has 9 heteroatoms. The van der Waals surface area contributed by atoms with Gasteiger partial charge in [0.25, 0.3) is 5.69 Å². The van der Waals surface area contributed by atoms with E-state index in [-0.39, 0.29) is 5.69 Å². The molecule has 106 valence electrons. The lowest BCUT2D eigenvalue weighted by molar-refractivity contribution is -0.387. The summed E-state index contributed by atoms with van der Waals surface area (Å²) in [5.41, 5.74) is 0.484. The van der Waals surface area contributed by atoms with Crippen LogP contribution in [0.3, 0.4) is 0 Å². The Labute approximate surface area is 127 Å². The maximum Gasteiger partial charge on any atom is 0.283 e. The summed E-state index contributed by atoms with van der Waals surface area (Å²) in [6.07, 6.45) is 1.16. The van der Waals surface area contributed by atoms with Gasteiger partial charge in [0, 0.05) is 6.07 Å². The van der Waals surface area contributed by atoms with Gasteiger partial charge in [-0.05, 0) is 24.8 Å². The summed E-state index contributed by atoms with van der Waals surface area (Å²) in [7, 11) is 0. The molecular weight excluding hydrogens is 318 g/mol. The number of nitro groups is 1. The highest BCUT2D eigenvalue weighted by atomic mass is 32.2. The molecule has 1 aromatic heterocycles. The van der Waals surface area contributed by atoms with Gasteiger partial charge < -0.3 is 5.11 Å². The summed E-state index contributed by atoms with van der Waals surface area (Å²) in [5, 5.41) is 28.5. The number of hydrogen-bond donors (Lipinski definition) is 1. The van der Waals surface area contributed by atoms with Gasteiger partial charge in [-0.2, -0.15) is 0 Å². The number of benzene rings is 1. The summed E-state index contributed by atoms with van der Waals surface area (Å²) in [5.74, 6) is 0. The maximum absolute atomic E-state index is 11.1. The second-order valence-corrected chi connectivity index (χ2v) is 7.12. The first-order valence-electron chi connectivity index (χ1n) is 5.53. The van der Waals surface area contributed by atoms with E-state index in [9.17, 15) is 15.2 Å². The zero-order valence-electron chi connectivity index (χ0n) is 10.6. The van der Waals surface area contributed by atoms with Crippen LogP contribution in [-0.2, 0) is 0 Å². The van der Waals surface area contributed by atoms with Gasteiger partial charge in [0.1, 0.15) is 0 Å². The third-order valence-corrected chi connectivity index (χ3v) is 5.44. The topological polar surface area (TPSA) is 89.2 Å². The molecule has 2 rings (SSSR count). The first kappa shape index (κ1) is 15.2. The zero-order chi connectivity index (χ0) is 14.7. The summed E-state index contributed by atoms with van der Waals surface area (Å²) in [6.45, 7) is 1.57. The molecule has 0 aliphatic carbocycles. The number of aromatic nitrogens is 2. The van der Waals surface area contributed by atoms with Gasteiger partial charge in [0.05, 0.1) is 15.9 Å². The minimum absolute atomic E-state index is 0.0331. The fourth-order valence-corrected chi connectivity index (χ4v) is 3.92. The SMILES string of the molecule is CSc1nnc(Sc2ccc(C(C)O)cc2[N+](=O)[O-])s1. The van der Waals surface area contributed by atoms with Crippen LogP contribution in [0.1, 0.15) is 18.6 Å². The molecule has 2 aromatic rings. The Morgan fingerprint density at radius 1 is 1.40 bits per heavy atom. The van der Waals surface area contributed by atoms with Crippen molar-refractivity contribution in [3.63, 3.8) is 0 Å². The average molecular weight is 329 g/mol. The number of aliphatic hydroxyl groups is 1. The summed E-state index contributed by atoms with van der Waals surface area (Å²) < 4.78 is 1.47. The fourth-order valence-electron chi connectivity index (χ4n) is 1.44. The molecule has 1 unspecified atom stereocenters. The molecular formula is C11H11N3O3S3. The normalized spacial score (nSPS) is 12.3. The minimum atomic E-state index is -0.739. The predicted octanol–water partition coefficient (Wildman–Crippen LogP) is 3.37. The van der Waals surface area contributed by atoms with Crippen molar-refractivity contribution < 1.29 is 10.0 Å². The molecule has 0 aliphatic heterocycles. The Morgan fingerprint density at radius 2 is 2.10 bits per heavy atom. The van der Waals surface area contributed by atoms with E-state index in [1.165, 1.54) is 40.9 Å². The van der Waals surface area contributed by atoms with E-state index in [2.05, 4.69) is 10.2 Å². The molecule has 0 bridgehead atoms. The van der Waals surface area contributed by atoms with E-state index < -0.39 is 11.0 Å². The van der Waals surface area contributed by atoms with Crippen LogP contribution < -0.4 is 0 Å². The van der Waals surface area contributed by atoms with E-state index in [0.29, 0.717) is 14.8 Å². The lowest BCUT2D eigenvalue weighted by Gasteiger charge is -2.06. The van der Waals surface area contributed by atoms with Gasteiger partial charge in [-0.15, -0.1) is 10.2 Å². The smallest absolute Gasteiger partial charge is 0.283 e. The van der Waals surface area contributed by atoms with Gasteiger partial charge in [-0.1, -0.05) is 40.9 Å².